The van der Waals surface area contributed by atoms with E-state index in [4.69, 9.17) is 18.9 Å². The van der Waals surface area contributed by atoms with Crippen LogP contribution in [0.2, 0.25) is 0 Å². The second-order valence-corrected chi connectivity index (χ2v) is 15.8. The van der Waals surface area contributed by atoms with Gasteiger partial charge in [0.1, 0.15) is 36.8 Å². The molecule has 0 aromatic heterocycles. The van der Waals surface area contributed by atoms with Gasteiger partial charge in [-0.05, 0) is 89.9 Å². The summed E-state index contributed by atoms with van der Waals surface area (Å²) in [6, 6.07) is 0. The maximum Gasteiger partial charge on any atom is 0.306 e. The number of unbranched alkanes of at least 4 members (excludes halogenated alkanes) is 7. The third-order valence-corrected chi connectivity index (χ3v) is 9.71. The fourth-order valence-electron chi connectivity index (χ4n) is 5.67. The molecule has 4 N–H and O–H groups in total. The minimum Gasteiger partial charge on any atom is -0.462 e. The summed E-state index contributed by atoms with van der Waals surface area (Å²) in [7, 11) is -4.62. The first-order valence-corrected chi connectivity index (χ1v) is 22.8. The summed E-state index contributed by atoms with van der Waals surface area (Å²) >= 11 is 0. The third-order valence-electron chi connectivity index (χ3n) is 8.96. The number of esters is 2. The molecule has 1 aliphatic rings. The predicted molar refractivity (Wildman–Crippen MR) is 228 cm³/mol. The molecule has 0 aromatic carbocycles. The highest BCUT2D eigenvalue weighted by atomic mass is 32.2. The molecule has 330 valence electrons. The number of aliphatic hydroxyl groups excluding tert-OH is 3. The molecule has 1 heterocycles. The minimum absolute atomic E-state index is 0.0986. The van der Waals surface area contributed by atoms with Gasteiger partial charge in [-0.1, -0.05) is 112 Å². The third kappa shape index (κ3) is 29.1. The van der Waals surface area contributed by atoms with Crippen molar-refractivity contribution in [3.63, 3.8) is 0 Å². The van der Waals surface area contributed by atoms with Crippen molar-refractivity contribution in [2.75, 3.05) is 19.0 Å². The zero-order valence-corrected chi connectivity index (χ0v) is 35.7. The molecule has 12 nitrogen and oxygen atoms in total. The van der Waals surface area contributed by atoms with Crippen LogP contribution >= 0.6 is 0 Å². The molecule has 0 radical (unpaired) electrons. The molecule has 6 atom stereocenters. The molecule has 0 spiro atoms. The van der Waals surface area contributed by atoms with E-state index in [1.807, 2.05) is 0 Å². The first-order valence-electron chi connectivity index (χ1n) is 21.1. The molecule has 1 saturated heterocycles. The molecular weight excluding hydrogens is 765 g/mol. The fraction of sp³-hybridized carbons (Fsp3) is 0.644. The maximum atomic E-state index is 12.8. The van der Waals surface area contributed by atoms with Gasteiger partial charge in [0.15, 0.2) is 12.4 Å². The number of carbonyl (C=O) groups is 2. The topological polar surface area (TPSA) is 186 Å². The normalized spacial score (nSPS) is 21.2. The van der Waals surface area contributed by atoms with E-state index in [2.05, 4.69) is 98.9 Å². The summed E-state index contributed by atoms with van der Waals surface area (Å²) in [4.78, 5) is 25.3. The van der Waals surface area contributed by atoms with Gasteiger partial charge < -0.3 is 34.3 Å². The number of hydrogen-bond donors (Lipinski definition) is 4. The molecule has 1 rings (SSSR count). The highest BCUT2D eigenvalue weighted by molar-refractivity contribution is 7.85. The van der Waals surface area contributed by atoms with Gasteiger partial charge in [0, 0.05) is 12.8 Å². The highest BCUT2D eigenvalue weighted by Gasteiger charge is 2.46. The Morgan fingerprint density at radius 2 is 1.07 bits per heavy atom. The average Bonchev–Trinajstić information content (AvgIpc) is 3.18. The van der Waals surface area contributed by atoms with Crippen LogP contribution in [0.5, 0.6) is 0 Å². The lowest BCUT2D eigenvalue weighted by atomic mass is 10.00. The van der Waals surface area contributed by atoms with Crippen LogP contribution in [0.15, 0.2) is 85.1 Å². The molecular formula is C45H72O12S. The molecule has 2 unspecified atom stereocenters. The van der Waals surface area contributed by atoms with Crippen molar-refractivity contribution < 1.29 is 56.8 Å². The molecule has 0 bridgehead atoms. The average molecular weight is 837 g/mol. The van der Waals surface area contributed by atoms with Crippen molar-refractivity contribution in [3.05, 3.63) is 85.1 Å². The Hall–Kier alpha value is -3.17. The van der Waals surface area contributed by atoms with E-state index in [9.17, 15) is 37.9 Å². The van der Waals surface area contributed by atoms with Crippen LogP contribution < -0.4 is 0 Å². The Morgan fingerprint density at radius 3 is 1.55 bits per heavy atom. The van der Waals surface area contributed by atoms with Crippen LogP contribution in [-0.4, -0.2) is 96.0 Å². The van der Waals surface area contributed by atoms with Gasteiger partial charge in [0.25, 0.3) is 10.1 Å². The van der Waals surface area contributed by atoms with Gasteiger partial charge in [0.2, 0.25) is 0 Å². The van der Waals surface area contributed by atoms with Crippen molar-refractivity contribution >= 4 is 22.1 Å². The number of aliphatic hydroxyl groups is 3. The molecule has 0 aliphatic carbocycles. The van der Waals surface area contributed by atoms with Crippen LogP contribution in [0.25, 0.3) is 0 Å². The summed E-state index contributed by atoms with van der Waals surface area (Å²) in [6.07, 6.45) is 34.9. The van der Waals surface area contributed by atoms with Crippen molar-refractivity contribution in [2.24, 2.45) is 0 Å². The van der Waals surface area contributed by atoms with E-state index in [0.29, 0.717) is 12.8 Å². The van der Waals surface area contributed by atoms with Crippen molar-refractivity contribution in [1.29, 1.82) is 0 Å². The summed E-state index contributed by atoms with van der Waals surface area (Å²) in [5.41, 5.74) is 0. The number of rotatable bonds is 33. The standard InChI is InChI=1S/C45H72O12S/c1-3-5-7-9-11-13-15-17-19-21-23-25-27-29-31-33-40(46)54-35-38(36-55-45-44(50)43(49)42(48)39(57-45)37-58(51,52)53)56-41(47)34-32-30-28-26-24-22-20-18-16-14-12-10-8-6-4-2/h6,8,11-14,17-20,23-26,38-39,42-45,48-50H,3-5,7,9-10,15-16,21-22,27-37H2,1-2H3,(H,51,52,53)/b8-6+,13-11+,14-12+,19-17+,20-18+,25-23+,26-24+/t38-,39-,42-,43?,44?,45+/m1/s1. The smallest absolute Gasteiger partial charge is 0.306 e. The second-order valence-electron chi connectivity index (χ2n) is 14.3. The van der Waals surface area contributed by atoms with Crippen LogP contribution in [0, 0.1) is 0 Å². The molecule has 58 heavy (non-hydrogen) atoms. The largest absolute Gasteiger partial charge is 0.462 e. The number of hydrogen-bond acceptors (Lipinski definition) is 11. The van der Waals surface area contributed by atoms with E-state index in [1.54, 1.807) is 0 Å². The molecule has 1 aliphatic heterocycles. The van der Waals surface area contributed by atoms with Gasteiger partial charge in [0.05, 0.1) is 6.61 Å². The molecule has 1 fully saturated rings. The van der Waals surface area contributed by atoms with Gasteiger partial charge in [-0.3, -0.25) is 14.1 Å². The van der Waals surface area contributed by atoms with Crippen molar-refractivity contribution in [3.8, 4) is 0 Å². The summed E-state index contributed by atoms with van der Waals surface area (Å²) in [5, 5.41) is 30.8. The predicted octanol–water partition coefficient (Wildman–Crippen LogP) is 8.11. The number of ether oxygens (including phenoxy) is 4. The van der Waals surface area contributed by atoms with Crippen LogP contribution in [0.3, 0.4) is 0 Å². The van der Waals surface area contributed by atoms with Crippen LogP contribution in [0.4, 0.5) is 0 Å². The van der Waals surface area contributed by atoms with Crippen molar-refractivity contribution in [1.82, 2.24) is 0 Å². The van der Waals surface area contributed by atoms with Gasteiger partial charge in [-0.2, -0.15) is 8.42 Å². The van der Waals surface area contributed by atoms with E-state index >= 15 is 0 Å². The Kier molecular flexibility index (Phi) is 31.6. The molecule has 0 saturated carbocycles. The summed E-state index contributed by atoms with van der Waals surface area (Å²) < 4.78 is 53.9. The van der Waals surface area contributed by atoms with Gasteiger partial charge >= 0.3 is 11.9 Å². The maximum absolute atomic E-state index is 12.8. The van der Waals surface area contributed by atoms with Crippen molar-refractivity contribution in [2.45, 2.75) is 166 Å². The first kappa shape index (κ1) is 52.8. The number of allylic oxidation sites excluding steroid dienone is 14. The van der Waals surface area contributed by atoms with E-state index in [1.165, 1.54) is 19.3 Å². The Morgan fingerprint density at radius 1 is 0.603 bits per heavy atom. The van der Waals surface area contributed by atoms with Gasteiger partial charge in [-0.15, -0.1) is 0 Å². The number of carbonyl (C=O) groups excluding carboxylic acids is 2. The lowest BCUT2D eigenvalue weighted by Gasteiger charge is -2.40. The van der Waals surface area contributed by atoms with E-state index < -0.39 is 71.2 Å². The van der Waals surface area contributed by atoms with E-state index in [0.717, 1.165) is 70.6 Å². The van der Waals surface area contributed by atoms with Gasteiger partial charge in [-0.25, -0.2) is 0 Å². The van der Waals surface area contributed by atoms with E-state index in [-0.39, 0.29) is 19.4 Å². The summed E-state index contributed by atoms with van der Waals surface area (Å²) in [5.74, 6) is -2.10. The van der Waals surface area contributed by atoms with Crippen LogP contribution in [-0.2, 0) is 38.7 Å². The minimum atomic E-state index is -4.62. The Bertz CT molecular complexity index is 1400. The SMILES string of the molecule is CC/C=C/C/C=C/C/C=C/C/C=C/CCCCC(=O)O[C@H](COC(=O)CCCC/C=C/C/C=C/C/C=C/CCCCC)CO[C@H]1O[C@H](CS(=O)(=O)O)[C@@H](O)C(O)C1O. The zero-order chi connectivity index (χ0) is 42.7. The Labute approximate surface area is 348 Å². The highest BCUT2D eigenvalue weighted by Crippen LogP contribution is 2.24. The second kappa shape index (κ2) is 34.7. The quantitative estimate of drug-likeness (QED) is 0.0216. The lowest BCUT2D eigenvalue weighted by molar-refractivity contribution is -0.297. The van der Waals surface area contributed by atoms with Crippen LogP contribution in [0.1, 0.15) is 129 Å². The molecule has 13 heteroatoms. The fourth-order valence-corrected chi connectivity index (χ4v) is 6.36. The molecule has 0 amide bonds. The molecule has 0 aromatic rings. The monoisotopic (exact) mass is 836 g/mol. The zero-order valence-electron chi connectivity index (χ0n) is 34.9. The summed E-state index contributed by atoms with van der Waals surface area (Å²) in [6.45, 7) is 3.52. The first-order chi connectivity index (χ1) is 28.0. The Balaban J connectivity index is 2.56. The lowest BCUT2D eigenvalue weighted by Crippen LogP contribution is -2.60.